The van der Waals surface area contributed by atoms with Crippen LogP contribution in [0.3, 0.4) is 0 Å². The molecule has 3 aliphatic heterocycles. The van der Waals surface area contributed by atoms with Gasteiger partial charge in [0.2, 0.25) is 6.79 Å². The maximum Gasteiger partial charge on any atom is 0.339 e. The summed E-state index contributed by atoms with van der Waals surface area (Å²) in [5.41, 5.74) is 6.29. The van der Waals surface area contributed by atoms with Crippen molar-refractivity contribution >= 4 is 5.97 Å². The minimum Gasteiger partial charge on any atom is -0.632 e. The average molecular weight is 381 g/mol. The Hall–Kier alpha value is -2.57. The molecular formula is C22H23NO5. The number of rotatable bonds is 1. The molecule has 0 N–H and O–H groups in total. The van der Waals surface area contributed by atoms with Gasteiger partial charge in [-0.25, -0.2) is 4.79 Å². The number of nitrogens with zero attached hydrogens (tertiary/aromatic N) is 1. The summed E-state index contributed by atoms with van der Waals surface area (Å²) < 4.78 is 16.6. The van der Waals surface area contributed by atoms with Crippen LogP contribution < -0.4 is 9.47 Å². The summed E-state index contributed by atoms with van der Waals surface area (Å²) in [6.07, 6.45) is 0.0476. The lowest BCUT2D eigenvalue weighted by atomic mass is 9.82. The van der Waals surface area contributed by atoms with Gasteiger partial charge in [0.1, 0.15) is 0 Å². The van der Waals surface area contributed by atoms with Crippen LogP contribution in [-0.2, 0) is 11.2 Å². The molecule has 0 bridgehead atoms. The molecule has 0 saturated heterocycles. The van der Waals surface area contributed by atoms with E-state index in [1.807, 2.05) is 39.0 Å². The number of cyclic esters (lactones) is 1. The molecule has 28 heavy (non-hydrogen) atoms. The zero-order valence-corrected chi connectivity index (χ0v) is 16.5. The Morgan fingerprint density at radius 1 is 1.14 bits per heavy atom. The molecule has 0 radical (unpaired) electrons. The van der Waals surface area contributed by atoms with Crippen molar-refractivity contribution in [2.75, 3.05) is 20.4 Å². The number of benzene rings is 2. The lowest BCUT2D eigenvalue weighted by molar-refractivity contribution is -0.899. The summed E-state index contributed by atoms with van der Waals surface area (Å²) in [6.45, 7) is 6.48. The summed E-state index contributed by atoms with van der Waals surface area (Å²) >= 11 is 0. The molecule has 2 aromatic carbocycles. The standard InChI is InChI=1S/C22H23NO5/c1-11-5-6-15-18(12(11)2)22(24)28-21(15)19-17-13(3)20-16(26-10-27-20)9-14(17)7-8-23(19,4)25/h5-6,9,19,21H,7-8,10H2,1-4H3/t19-,21?,23?/m1/s1. The third-order valence-corrected chi connectivity index (χ3v) is 6.55. The van der Waals surface area contributed by atoms with Crippen molar-refractivity contribution in [3.63, 3.8) is 0 Å². The zero-order chi connectivity index (χ0) is 19.8. The lowest BCUT2D eigenvalue weighted by Crippen LogP contribution is -2.49. The average Bonchev–Trinajstić information content (AvgIpc) is 3.23. The minimum atomic E-state index is -0.609. The Kier molecular flexibility index (Phi) is 3.58. The molecule has 6 heteroatoms. The molecule has 3 atom stereocenters. The van der Waals surface area contributed by atoms with Crippen LogP contribution >= 0.6 is 0 Å². The van der Waals surface area contributed by atoms with Crippen LogP contribution in [0.1, 0.15) is 55.9 Å². The van der Waals surface area contributed by atoms with Crippen molar-refractivity contribution in [3.8, 4) is 11.5 Å². The maximum absolute atomic E-state index is 13.6. The van der Waals surface area contributed by atoms with Crippen molar-refractivity contribution in [2.24, 2.45) is 0 Å². The summed E-state index contributed by atoms with van der Waals surface area (Å²) in [5, 5.41) is 13.6. The van der Waals surface area contributed by atoms with Crippen molar-refractivity contribution in [1.29, 1.82) is 0 Å². The zero-order valence-electron chi connectivity index (χ0n) is 16.5. The van der Waals surface area contributed by atoms with Crippen LogP contribution in [0.2, 0.25) is 0 Å². The molecule has 146 valence electrons. The Morgan fingerprint density at radius 3 is 2.71 bits per heavy atom. The van der Waals surface area contributed by atoms with E-state index in [9.17, 15) is 10.0 Å². The normalized spacial score (nSPS) is 27.4. The first kappa shape index (κ1) is 17.5. The second-order valence-electron chi connectivity index (χ2n) is 8.20. The van der Waals surface area contributed by atoms with E-state index in [0.29, 0.717) is 24.3 Å². The van der Waals surface area contributed by atoms with Gasteiger partial charge in [0, 0.05) is 23.1 Å². The van der Waals surface area contributed by atoms with Crippen molar-refractivity contribution in [3.05, 3.63) is 62.4 Å². The molecular weight excluding hydrogens is 358 g/mol. The third-order valence-electron chi connectivity index (χ3n) is 6.55. The summed E-state index contributed by atoms with van der Waals surface area (Å²) in [7, 11) is 1.67. The number of fused-ring (bicyclic) bond motifs is 3. The van der Waals surface area contributed by atoms with Crippen LogP contribution in [0.4, 0.5) is 0 Å². The third kappa shape index (κ3) is 2.25. The van der Waals surface area contributed by atoms with E-state index in [4.69, 9.17) is 14.2 Å². The van der Waals surface area contributed by atoms with E-state index >= 15 is 0 Å². The van der Waals surface area contributed by atoms with Crippen molar-refractivity contribution < 1.29 is 23.7 Å². The predicted molar refractivity (Wildman–Crippen MR) is 102 cm³/mol. The van der Waals surface area contributed by atoms with E-state index in [-0.39, 0.29) is 12.8 Å². The second-order valence-corrected chi connectivity index (χ2v) is 8.20. The van der Waals surface area contributed by atoms with Crippen LogP contribution in [0.25, 0.3) is 0 Å². The van der Waals surface area contributed by atoms with E-state index in [0.717, 1.165) is 39.1 Å². The van der Waals surface area contributed by atoms with Gasteiger partial charge >= 0.3 is 5.97 Å². The number of carbonyl (C=O) groups is 1. The number of hydrogen-bond acceptors (Lipinski definition) is 5. The Labute approximate surface area is 163 Å². The highest BCUT2D eigenvalue weighted by Crippen LogP contribution is 2.52. The molecule has 0 saturated carbocycles. The number of quaternary nitrogens is 1. The fourth-order valence-electron chi connectivity index (χ4n) is 4.92. The van der Waals surface area contributed by atoms with Gasteiger partial charge in [0.25, 0.3) is 0 Å². The van der Waals surface area contributed by atoms with Gasteiger partial charge in [-0.1, -0.05) is 12.1 Å². The topological polar surface area (TPSA) is 67.8 Å². The Morgan fingerprint density at radius 2 is 1.93 bits per heavy atom. The SMILES string of the molecule is Cc1ccc2c(c1C)C(=O)OC2[C@H]1c2c(cc3c(c2C)OCO3)CC[N+]1(C)[O-]. The van der Waals surface area contributed by atoms with Crippen LogP contribution in [0, 0.1) is 26.0 Å². The van der Waals surface area contributed by atoms with E-state index in [1.54, 1.807) is 7.05 Å². The summed E-state index contributed by atoms with van der Waals surface area (Å²) in [5.74, 6) is 1.08. The van der Waals surface area contributed by atoms with Gasteiger partial charge in [-0.15, -0.1) is 0 Å². The quantitative estimate of drug-likeness (QED) is 0.427. The smallest absolute Gasteiger partial charge is 0.339 e. The van der Waals surface area contributed by atoms with Gasteiger partial charge in [-0.3, -0.25) is 0 Å². The van der Waals surface area contributed by atoms with E-state index < -0.39 is 16.8 Å². The molecule has 0 aromatic heterocycles. The number of ether oxygens (including phenoxy) is 3. The number of hydrogen-bond donors (Lipinski definition) is 0. The van der Waals surface area contributed by atoms with Gasteiger partial charge < -0.3 is 24.1 Å². The second kappa shape index (κ2) is 5.72. The number of hydroxylamine groups is 3. The lowest BCUT2D eigenvalue weighted by Gasteiger charge is -2.51. The van der Waals surface area contributed by atoms with Crippen molar-refractivity contribution in [1.82, 2.24) is 0 Å². The molecule has 0 aliphatic carbocycles. The fourth-order valence-corrected chi connectivity index (χ4v) is 4.92. The summed E-state index contributed by atoms with van der Waals surface area (Å²) in [6, 6.07) is 5.37. The van der Waals surface area contributed by atoms with Gasteiger partial charge in [-0.05, 0) is 43.5 Å². The van der Waals surface area contributed by atoms with E-state index in [1.165, 1.54) is 0 Å². The first-order valence-electron chi connectivity index (χ1n) is 9.59. The molecule has 2 aromatic rings. The maximum atomic E-state index is 13.6. The molecule has 2 unspecified atom stereocenters. The number of carbonyl (C=O) groups excluding carboxylic acids is 1. The highest BCUT2D eigenvalue weighted by Gasteiger charge is 2.48. The summed E-state index contributed by atoms with van der Waals surface area (Å²) in [4.78, 5) is 12.7. The first-order valence-corrected chi connectivity index (χ1v) is 9.59. The number of esters is 1. The monoisotopic (exact) mass is 381 g/mol. The van der Waals surface area contributed by atoms with Gasteiger partial charge in [-0.2, -0.15) is 0 Å². The molecule has 3 aliphatic rings. The molecule has 0 amide bonds. The predicted octanol–water partition coefficient (Wildman–Crippen LogP) is 3.79. The number of aryl methyl sites for hydroxylation is 1. The Bertz CT molecular complexity index is 1030. The molecule has 0 fully saturated rings. The van der Waals surface area contributed by atoms with Gasteiger partial charge in [0.15, 0.2) is 23.6 Å². The molecule has 5 rings (SSSR count). The molecule has 3 heterocycles. The van der Waals surface area contributed by atoms with Crippen molar-refractivity contribution in [2.45, 2.75) is 39.3 Å². The van der Waals surface area contributed by atoms with E-state index in [2.05, 4.69) is 0 Å². The molecule has 0 spiro atoms. The highest BCUT2D eigenvalue weighted by molar-refractivity contribution is 5.96. The molecule has 6 nitrogen and oxygen atoms in total. The Balaban J connectivity index is 1.72. The van der Waals surface area contributed by atoms with Crippen LogP contribution in [-0.4, -0.2) is 31.0 Å². The van der Waals surface area contributed by atoms with Gasteiger partial charge in [0.05, 0.1) is 19.2 Å². The minimum absolute atomic E-state index is 0.187. The van der Waals surface area contributed by atoms with Crippen LogP contribution in [0.5, 0.6) is 11.5 Å². The van der Waals surface area contributed by atoms with Crippen LogP contribution in [0.15, 0.2) is 18.2 Å². The largest absolute Gasteiger partial charge is 0.632 e. The fraction of sp³-hybridized carbons (Fsp3) is 0.409. The number of likely N-dealkylation sites (N-methyl/N-ethyl adjacent to an activating group) is 1. The first-order chi connectivity index (χ1) is 13.3. The highest BCUT2D eigenvalue weighted by atomic mass is 16.7.